The van der Waals surface area contributed by atoms with Crippen LogP contribution in [0.3, 0.4) is 0 Å². The van der Waals surface area contributed by atoms with Crippen molar-refractivity contribution in [2.75, 3.05) is 0 Å². The molecular weight excluding hydrogens is 372 g/mol. The zero-order chi connectivity index (χ0) is 22.3. The van der Waals surface area contributed by atoms with Crippen molar-refractivity contribution in [3.63, 3.8) is 0 Å². The summed E-state index contributed by atoms with van der Waals surface area (Å²) in [6.07, 6.45) is 0. The van der Waals surface area contributed by atoms with Crippen molar-refractivity contribution in [3.05, 3.63) is 55.7 Å². The van der Waals surface area contributed by atoms with Crippen LogP contribution in [0.2, 0.25) is 0 Å². The maximum Gasteiger partial charge on any atom is 0.137 e. The maximum absolute atomic E-state index is 9.83. The summed E-state index contributed by atoms with van der Waals surface area (Å²) in [4.78, 5) is 0. The molecule has 6 nitrogen and oxygen atoms in total. The minimum absolute atomic E-state index is 0.107. The molecule has 0 atom stereocenters. The van der Waals surface area contributed by atoms with Gasteiger partial charge in [-0.3, -0.25) is 0 Å². The summed E-state index contributed by atoms with van der Waals surface area (Å²) < 4.78 is 0. The van der Waals surface area contributed by atoms with Crippen LogP contribution in [0.25, 0.3) is 22.3 Å². The Hall–Kier alpha value is -4.88. The zero-order valence-electron chi connectivity index (χ0n) is 16.7. The molecular formula is C24H12N6. The molecule has 0 radical (unpaired) electrons. The van der Waals surface area contributed by atoms with Gasteiger partial charge in [0.25, 0.3) is 0 Å². The van der Waals surface area contributed by atoms with Gasteiger partial charge in [-0.2, -0.15) is 31.6 Å². The van der Waals surface area contributed by atoms with E-state index in [1.54, 1.807) is 27.7 Å². The van der Waals surface area contributed by atoms with Crippen molar-refractivity contribution >= 4 is 22.3 Å². The summed E-state index contributed by atoms with van der Waals surface area (Å²) in [5.41, 5.74) is 5.85. The van der Waals surface area contributed by atoms with Gasteiger partial charge in [-0.05, 0) is 61.1 Å². The largest absolute Gasteiger partial charge is 0.192 e. The zero-order valence-corrected chi connectivity index (χ0v) is 16.7. The molecule has 1 aromatic rings. The second-order valence-corrected chi connectivity index (χ2v) is 6.92. The van der Waals surface area contributed by atoms with Gasteiger partial charge in [0.1, 0.15) is 47.6 Å². The molecule has 1 aromatic carbocycles. The number of benzene rings is 1. The lowest BCUT2D eigenvalue weighted by Crippen LogP contribution is -2.03. The standard InChI is InChI=1S/C24H12N6/c1-11-17(9-29)21-13(3)24-20(16(7-27)8-28)12(2)18(10-30)22(24)14(4)23(21)19(11)15(5-25)6-26/h1-4H3. The van der Waals surface area contributed by atoms with Gasteiger partial charge in [-0.1, -0.05) is 0 Å². The Morgan fingerprint density at radius 3 is 1.03 bits per heavy atom. The van der Waals surface area contributed by atoms with E-state index in [2.05, 4.69) is 12.1 Å². The third-order valence-corrected chi connectivity index (χ3v) is 5.67. The quantitative estimate of drug-likeness (QED) is 0.601. The van der Waals surface area contributed by atoms with Crippen LogP contribution in [-0.2, 0) is 0 Å². The second kappa shape index (κ2) is 6.93. The monoisotopic (exact) mass is 384 g/mol. The minimum atomic E-state index is -0.107. The molecule has 0 saturated heterocycles. The van der Waals surface area contributed by atoms with Gasteiger partial charge >= 0.3 is 0 Å². The molecule has 0 bridgehead atoms. The number of fused-ring (bicyclic) bond motifs is 2. The molecule has 0 aliphatic heterocycles. The third kappa shape index (κ3) is 2.24. The molecule has 2 aliphatic rings. The van der Waals surface area contributed by atoms with Gasteiger partial charge in [0.2, 0.25) is 0 Å². The summed E-state index contributed by atoms with van der Waals surface area (Å²) in [6, 6.07) is 12.0. The van der Waals surface area contributed by atoms with Gasteiger partial charge in [0, 0.05) is 22.3 Å². The molecule has 3 rings (SSSR count). The van der Waals surface area contributed by atoms with Crippen LogP contribution in [0.5, 0.6) is 0 Å². The number of rotatable bonds is 0. The highest BCUT2D eigenvalue weighted by atomic mass is 14.4. The molecule has 6 heteroatoms. The van der Waals surface area contributed by atoms with E-state index in [0.29, 0.717) is 66.8 Å². The van der Waals surface area contributed by atoms with Crippen molar-refractivity contribution in [3.8, 4) is 36.4 Å². The van der Waals surface area contributed by atoms with E-state index in [1.807, 2.05) is 24.3 Å². The highest BCUT2D eigenvalue weighted by Gasteiger charge is 2.38. The number of nitriles is 6. The Labute approximate surface area is 174 Å². The smallest absolute Gasteiger partial charge is 0.137 e. The third-order valence-electron chi connectivity index (χ3n) is 5.67. The molecule has 138 valence electrons. The van der Waals surface area contributed by atoms with Crippen LogP contribution in [0.15, 0.2) is 22.3 Å². The summed E-state index contributed by atoms with van der Waals surface area (Å²) in [5, 5.41) is 57.6. The Morgan fingerprint density at radius 1 is 0.500 bits per heavy atom. The lowest BCUT2D eigenvalue weighted by molar-refractivity contribution is 1.30. The fourth-order valence-electron chi connectivity index (χ4n) is 4.43. The van der Waals surface area contributed by atoms with Crippen molar-refractivity contribution < 1.29 is 0 Å². The molecule has 0 spiro atoms. The summed E-state index contributed by atoms with van der Waals surface area (Å²) in [7, 11) is 0. The predicted molar refractivity (Wildman–Crippen MR) is 109 cm³/mol. The predicted octanol–water partition coefficient (Wildman–Crippen LogP) is 4.53. The maximum atomic E-state index is 9.83. The van der Waals surface area contributed by atoms with E-state index >= 15 is 0 Å². The van der Waals surface area contributed by atoms with Gasteiger partial charge < -0.3 is 0 Å². The number of hydrogen-bond acceptors (Lipinski definition) is 6. The minimum Gasteiger partial charge on any atom is -0.192 e. The summed E-state index contributed by atoms with van der Waals surface area (Å²) in [5.74, 6) is 0. The lowest BCUT2D eigenvalue weighted by Gasteiger charge is -2.18. The second-order valence-electron chi connectivity index (χ2n) is 6.92. The van der Waals surface area contributed by atoms with Crippen LogP contribution in [0.1, 0.15) is 47.2 Å². The lowest BCUT2D eigenvalue weighted by atomic mass is 9.83. The van der Waals surface area contributed by atoms with Crippen LogP contribution >= 0.6 is 0 Å². The van der Waals surface area contributed by atoms with Crippen LogP contribution in [0, 0.1) is 81.8 Å². The van der Waals surface area contributed by atoms with E-state index in [-0.39, 0.29) is 11.1 Å². The van der Waals surface area contributed by atoms with Crippen molar-refractivity contribution in [2.45, 2.75) is 27.7 Å². The molecule has 0 aromatic heterocycles. The first-order valence-corrected chi connectivity index (χ1v) is 8.84. The van der Waals surface area contributed by atoms with Gasteiger partial charge in [0.15, 0.2) is 0 Å². The van der Waals surface area contributed by atoms with Gasteiger partial charge in [0.05, 0.1) is 11.1 Å². The molecule has 0 N–H and O–H groups in total. The first-order chi connectivity index (χ1) is 14.3. The SMILES string of the molecule is CC1=C(C#N)c2c(C)c3c(c(C)c2C1=C(C#N)C#N)C(C#N)=C(C)C3=C(C#N)C#N. The topological polar surface area (TPSA) is 143 Å². The number of allylic oxidation sites excluding steroid dienone is 8. The Kier molecular flexibility index (Phi) is 4.59. The van der Waals surface area contributed by atoms with Crippen LogP contribution < -0.4 is 0 Å². The van der Waals surface area contributed by atoms with E-state index in [0.717, 1.165) is 0 Å². The highest BCUT2D eigenvalue weighted by Crippen LogP contribution is 2.53. The first-order valence-electron chi connectivity index (χ1n) is 8.84. The van der Waals surface area contributed by atoms with Crippen molar-refractivity contribution in [2.24, 2.45) is 0 Å². The molecule has 0 heterocycles. The highest BCUT2D eigenvalue weighted by molar-refractivity contribution is 6.14. The molecule has 30 heavy (non-hydrogen) atoms. The van der Waals surface area contributed by atoms with E-state index in [4.69, 9.17) is 0 Å². The van der Waals surface area contributed by atoms with Gasteiger partial charge in [-0.25, -0.2) is 0 Å². The Morgan fingerprint density at radius 2 is 0.800 bits per heavy atom. The fraction of sp³-hybridized carbons (Fsp3) is 0.167. The van der Waals surface area contributed by atoms with E-state index in [1.165, 1.54) is 0 Å². The molecule has 0 fully saturated rings. The first kappa shape index (κ1) is 19.9. The Bertz CT molecular complexity index is 1320. The molecule has 0 saturated carbocycles. The fourth-order valence-corrected chi connectivity index (χ4v) is 4.43. The average Bonchev–Trinajstić information content (AvgIpc) is 3.21. The average molecular weight is 384 g/mol. The summed E-state index contributed by atoms with van der Waals surface area (Å²) >= 11 is 0. The van der Waals surface area contributed by atoms with Crippen LogP contribution in [-0.4, -0.2) is 0 Å². The summed E-state index contributed by atoms with van der Waals surface area (Å²) in [6.45, 7) is 6.91. The molecule has 0 amide bonds. The number of hydrogen-bond donors (Lipinski definition) is 0. The van der Waals surface area contributed by atoms with Crippen molar-refractivity contribution in [1.29, 1.82) is 31.6 Å². The normalized spacial score (nSPS) is 13.4. The van der Waals surface area contributed by atoms with Crippen molar-refractivity contribution in [1.82, 2.24) is 0 Å². The van der Waals surface area contributed by atoms with E-state index in [9.17, 15) is 31.6 Å². The van der Waals surface area contributed by atoms with Crippen LogP contribution in [0.4, 0.5) is 0 Å². The molecule has 2 aliphatic carbocycles. The van der Waals surface area contributed by atoms with E-state index < -0.39 is 0 Å². The van der Waals surface area contributed by atoms with Gasteiger partial charge in [-0.15, -0.1) is 0 Å². The number of nitrogens with zero attached hydrogens (tertiary/aromatic N) is 6. The molecule has 0 unspecified atom stereocenters. The Balaban J connectivity index is 2.70.